The highest BCUT2D eigenvalue weighted by Gasteiger charge is 2.38. The fourth-order valence-electron chi connectivity index (χ4n) is 1.58. The third-order valence-corrected chi connectivity index (χ3v) is 2.11. The van der Waals surface area contributed by atoms with E-state index >= 15 is 0 Å². The molecule has 0 aromatic rings. The molecule has 0 N–H and O–H groups in total. The van der Waals surface area contributed by atoms with Crippen molar-refractivity contribution in [2.24, 2.45) is 0 Å². The van der Waals surface area contributed by atoms with Crippen LogP contribution in [0.3, 0.4) is 0 Å². The number of β-lactam (4-membered cyclic amide) rings is 1. The zero-order valence-electron chi connectivity index (χ0n) is 4.76. The summed E-state index contributed by atoms with van der Waals surface area (Å²) in [7, 11) is 0. The van der Waals surface area contributed by atoms with Crippen molar-refractivity contribution in [1.82, 2.24) is 4.90 Å². The summed E-state index contributed by atoms with van der Waals surface area (Å²) in [6.45, 7) is 1.03. The minimum atomic E-state index is 0.368. The van der Waals surface area contributed by atoms with Crippen molar-refractivity contribution in [1.29, 1.82) is 0 Å². The monoisotopic (exact) mass is 111 g/mol. The van der Waals surface area contributed by atoms with E-state index in [2.05, 4.69) is 0 Å². The van der Waals surface area contributed by atoms with Gasteiger partial charge >= 0.3 is 0 Å². The fraction of sp³-hybridized carbons (Fsp3) is 0.833. The predicted octanol–water partition coefficient (Wildman–Crippen LogP) is 0.381. The van der Waals surface area contributed by atoms with Crippen molar-refractivity contribution in [3.05, 3.63) is 0 Å². The SMILES string of the molecule is O=C1CC2CCCN12. The van der Waals surface area contributed by atoms with Crippen molar-refractivity contribution in [3.63, 3.8) is 0 Å². The maximum absolute atomic E-state index is 10.6. The average molecular weight is 111 g/mol. The number of amides is 1. The van der Waals surface area contributed by atoms with Crippen LogP contribution in [-0.2, 0) is 4.79 Å². The molecule has 44 valence electrons. The second-order valence-electron chi connectivity index (χ2n) is 2.59. The van der Waals surface area contributed by atoms with E-state index in [4.69, 9.17) is 0 Å². The van der Waals surface area contributed by atoms with Gasteiger partial charge < -0.3 is 4.90 Å². The third-order valence-electron chi connectivity index (χ3n) is 2.11. The van der Waals surface area contributed by atoms with Crippen LogP contribution in [0.25, 0.3) is 0 Å². The predicted molar refractivity (Wildman–Crippen MR) is 29.4 cm³/mol. The Bertz CT molecular complexity index is 132. The molecule has 8 heavy (non-hydrogen) atoms. The smallest absolute Gasteiger partial charge is 0.224 e. The van der Waals surface area contributed by atoms with Crippen molar-refractivity contribution in [2.75, 3.05) is 6.54 Å². The highest BCUT2D eigenvalue weighted by Crippen LogP contribution is 2.29. The maximum Gasteiger partial charge on any atom is 0.224 e. The molecule has 0 bridgehead atoms. The number of fused-ring (bicyclic) bond motifs is 1. The zero-order valence-corrected chi connectivity index (χ0v) is 4.76. The third kappa shape index (κ3) is 0.358. The molecular formula is C6H9NO. The van der Waals surface area contributed by atoms with Crippen LogP contribution in [0.4, 0.5) is 0 Å². The lowest BCUT2D eigenvalue weighted by Crippen LogP contribution is -2.47. The van der Waals surface area contributed by atoms with Crippen molar-refractivity contribution < 1.29 is 4.79 Å². The highest BCUT2D eigenvalue weighted by atomic mass is 16.2. The van der Waals surface area contributed by atoms with E-state index in [0.717, 1.165) is 13.0 Å². The Kier molecular flexibility index (Phi) is 0.678. The molecule has 1 amide bonds. The van der Waals surface area contributed by atoms with E-state index < -0.39 is 0 Å². The van der Waals surface area contributed by atoms with Gasteiger partial charge in [0.2, 0.25) is 5.91 Å². The summed E-state index contributed by atoms with van der Waals surface area (Å²) < 4.78 is 0. The summed E-state index contributed by atoms with van der Waals surface area (Å²) in [5, 5.41) is 0. The molecule has 0 saturated carbocycles. The summed E-state index contributed by atoms with van der Waals surface area (Å²) in [6.07, 6.45) is 3.32. The maximum atomic E-state index is 10.6. The molecule has 0 aromatic heterocycles. The van der Waals surface area contributed by atoms with Crippen LogP contribution < -0.4 is 0 Å². The second kappa shape index (κ2) is 1.24. The molecule has 2 heterocycles. The summed E-state index contributed by atoms with van der Waals surface area (Å²) in [6, 6.07) is 0.655. The van der Waals surface area contributed by atoms with Crippen LogP contribution in [0.15, 0.2) is 0 Å². The normalized spacial score (nSPS) is 34.8. The fourth-order valence-corrected chi connectivity index (χ4v) is 1.58. The van der Waals surface area contributed by atoms with Gasteiger partial charge in [-0.1, -0.05) is 0 Å². The molecule has 2 aliphatic heterocycles. The molecule has 1 atom stereocenters. The van der Waals surface area contributed by atoms with Crippen LogP contribution >= 0.6 is 0 Å². The van der Waals surface area contributed by atoms with E-state index in [1.165, 1.54) is 12.8 Å². The second-order valence-corrected chi connectivity index (χ2v) is 2.59. The number of carbonyl (C=O) groups is 1. The molecule has 2 fully saturated rings. The number of rotatable bonds is 0. The number of hydrogen-bond acceptors (Lipinski definition) is 1. The summed E-state index contributed by atoms with van der Waals surface area (Å²) in [5.74, 6) is 0.368. The Labute approximate surface area is 48.5 Å². The Hall–Kier alpha value is -0.530. The van der Waals surface area contributed by atoms with Crippen LogP contribution in [0, 0.1) is 0 Å². The van der Waals surface area contributed by atoms with Gasteiger partial charge in [0.1, 0.15) is 0 Å². The van der Waals surface area contributed by atoms with Gasteiger partial charge in [-0.3, -0.25) is 4.79 Å². The first kappa shape index (κ1) is 4.36. The standard InChI is InChI=1S/C6H9NO/c8-6-4-5-2-1-3-7(5)6/h5H,1-4H2. The lowest BCUT2D eigenvalue weighted by Gasteiger charge is -2.33. The zero-order chi connectivity index (χ0) is 5.56. The van der Waals surface area contributed by atoms with Gasteiger partial charge in [-0.2, -0.15) is 0 Å². The molecule has 2 aliphatic rings. The lowest BCUT2D eigenvalue weighted by atomic mass is 10.0. The molecule has 2 nitrogen and oxygen atoms in total. The summed E-state index contributed by atoms with van der Waals surface area (Å²) in [4.78, 5) is 12.6. The van der Waals surface area contributed by atoms with Crippen LogP contribution in [0.1, 0.15) is 19.3 Å². The Morgan fingerprint density at radius 1 is 1.62 bits per heavy atom. The number of carbonyl (C=O) groups excluding carboxylic acids is 1. The summed E-state index contributed by atoms with van der Waals surface area (Å²) in [5.41, 5.74) is 0. The first-order chi connectivity index (χ1) is 3.88. The minimum Gasteiger partial charge on any atom is -0.339 e. The quantitative estimate of drug-likeness (QED) is 0.414. The Morgan fingerprint density at radius 3 is 3.00 bits per heavy atom. The van der Waals surface area contributed by atoms with Gasteiger partial charge in [0.15, 0.2) is 0 Å². The van der Waals surface area contributed by atoms with Crippen LogP contribution in [0.2, 0.25) is 0 Å². The molecule has 0 aromatic carbocycles. The highest BCUT2D eigenvalue weighted by molar-refractivity contribution is 5.83. The van der Waals surface area contributed by atoms with E-state index in [0.29, 0.717) is 11.9 Å². The topological polar surface area (TPSA) is 20.3 Å². The molecular weight excluding hydrogens is 102 g/mol. The Morgan fingerprint density at radius 2 is 2.50 bits per heavy atom. The molecule has 0 aliphatic carbocycles. The van der Waals surface area contributed by atoms with Gasteiger partial charge in [-0.15, -0.1) is 0 Å². The van der Waals surface area contributed by atoms with E-state index in [9.17, 15) is 4.79 Å². The van der Waals surface area contributed by atoms with Crippen molar-refractivity contribution in [2.45, 2.75) is 25.3 Å². The average Bonchev–Trinajstić information content (AvgIpc) is 2.09. The Balaban J connectivity index is 2.11. The summed E-state index contributed by atoms with van der Waals surface area (Å²) >= 11 is 0. The van der Waals surface area contributed by atoms with Gasteiger partial charge in [-0.25, -0.2) is 0 Å². The number of hydrogen-bond donors (Lipinski definition) is 0. The minimum absolute atomic E-state index is 0.368. The van der Waals surface area contributed by atoms with Crippen molar-refractivity contribution in [3.8, 4) is 0 Å². The first-order valence-electron chi connectivity index (χ1n) is 3.17. The van der Waals surface area contributed by atoms with E-state index in [1.54, 1.807) is 0 Å². The van der Waals surface area contributed by atoms with Crippen LogP contribution in [0.5, 0.6) is 0 Å². The molecule has 0 spiro atoms. The van der Waals surface area contributed by atoms with Gasteiger partial charge in [0.05, 0.1) is 0 Å². The largest absolute Gasteiger partial charge is 0.339 e. The molecule has 2 heteroatoms. The van der Waals surface area contributed by atoms with Crippen molar-refractivity contribution >= 4 is 5.91 Å². The first-order valence-corrected chi connectivity index (χ1v) is 3.17. The van der Waals surface area contributed by atoms with Gasteiger partial charge in [-0.05, 0) is 12.8 Å². The van der Waals surface area contributed by atoms with Crippen LogP contribution in [-0.4, -0.2) is 23.4 Å². The molecule has 2 saturated heterocycles. The lowest BCUT2D eigenvalue weighted by molar-refractivity contribution is -0.142. The van der Waals surface area contributed by atoms with E-state index in [1.807, 2.05) is 4.90 Å². The van der Waals surface area contributed by atoms with Gasteiger partial charge in [0, 0.05) is 19.0 Å². The molecule has 2 rings (SSSR count). The van der Waals surface area contributed by atoms with Gasteiger partial charge in [0.25, 0.3) is 0 Å². The number of nitrogens with zero attached hydrogens (tertiary/aromatic N) is 1. The molecule has 0 radical (unpaired) electrons. The molecule has 1 unspecified atom stereocenters. The van der Waals surface area contributed by atoms with E-state index in [-0.39, 0.29) is 0 Å².